The van der Waals surface area contributed by atoms with Crippen LogP contribution in [-0.4, -0.2) is 12.6 Å². The summed E-state index contributed by atoms with van der Waals surface area (Å²) in [5.74, 6) is 2.34. The molecule has 0 heterocycles. The fourth-order valence-corrected chi connectivity index (χ4v) is 5.94. The van der Waals surface area contributed by atoms with Gasteiger partial charge in [0.15, 0.2) is 0 Å². The summed E-state index contributed by atoms with van der Waals surface area (Å²) in [6.45, 7) is 2.22. The molecule has 0 spiro atoms. The molecule has 24 heavy (non-hydrogen) atoms. The van der Waals surface area contributed by atoms with E-state index in [-0.39, 0.29) is 17.2 Å². The molecule has 0 aliphatic heterocycles. The maximum Gasteiger partial charge on any atom is 0.330 e. The Morgan fingerprint density at radius 3 is 2.25 bits per heavy atom. The molecule has 4 saturated carbocycles. The number of ether oxygens (including phenoxy) is 1. The van der Waals surface area contributed by atoms with E-state index < -0.39 is 0 Å². The molecule has 128 valence electrons. The lowest BCUT2D eigenvalue weighted by Gasteiger charge is -2.60. The van der Waals surface area contributed by atoms with Crippen LogP contribution in [0.5, 0.6) is 0 Å². The molecule has 5 rings (SSSR count). The molecular weight excluding hydrogens is 303 g/mol. The second-order valence-electron chi connectivity index (χ2n) is 7.83. The molecule has 0 atom stereocenters. The van der Waals surface area contributed by atoms with Gasteiger partial charge in [0.05, 0.1) is 6.61 Å². The lowest BCUT2D eigenvalue weighted by atomic mass is 9.44. The zero-order chi connectivity index (χ0) is 16.7. The molecule has 0 aromatic heterocycles. The lowest BCUT2D eigenvalue weighted by molar-refractivity contribution is -0.137. The molecular formula is C21H25FO2. The predicted molar refractivity (Wildman–Crippen MR) is 90.9 cm³/mol. The van der Waals surface area contributed by atoms with E-state index in [4.69, 9.17) is 4.74 Å². The van der Waals surface area contributed by atoms with Gasteiger partial charge in [0.1, 0.15) is 5.82 Å². The normalized spacial score (nSPS) is 37.1. The van der Waals surface area contributed by atoms with Crippen molar-refractivity contribution >= 4 is 5.97 Å². The summed E-state index contributed by atoms with van der Waals surface area (Å²) in [6.07, 6.45) is 10.0. The number of benzene rings is 1. The van der Waals surface area contributed by atoms with Crippen LogP contribution >= 0.6 is 0 Å². The summed E-state index contributed by atoms with van der Waals surface area (Å²) in [5.41, 5.74) is 1.03. The second kappa shape index (κ2) is 6.02. The third-order valence-electron chi connectivity index (χ3n) is 6.62. The van der Waals surface area contributed by atoms with E-state index in [1.165, 1.54) is 37.7 Å². The second-order valence-corrected chi connectivity index (χ2v) is 7.83. The summed E-state index contributed by atoms with van der Waals surface area (Å²) in [6, 6.07) is 6.96. The largest absolute Gasteiger partial charge is 0.463 e. The van der Waals surface area contributed by atoms with Crippen LogP contribution in [0.15, 0.2) is 36.4 Å². The molecule has 1 aromatic carbocycles. The number of carbonyl (C=O) groups excluding carboxylic acids is 1. The fraction of sp³-hybridized carbons (Fsp3) is 0.571. The molecule has 0 amide bonds. The number of allylic oxidation sites excluding steroid dienone is 1. The standard InChI is InChI=1S/C21H25FO2/c1-2-24-20(23)7-8-21(16-3-5-19(22)6-4-16)17-10-14-9-15(12-17)13-18(21)11-14/h3-8,14-15,17-18H,2,9-13H2,1H3/b8-7+. The van der Waals surface area contributed by atoms with Crippen molar-refractivity contribution in [2.24, 2.45) is 23.7 Å². The van der Waals surface area contributed by atoms with E-state index in [1.54, 1.807) is 18.2 Å². The Balaban J connectivity index is 1.75. The molecule has 2 nitrogen and oxygen atoms in total. The summed E-state index contributed by atoms with van der Waals surface area (Å²) in [7, 11) is 0. The minimum atomic E-state index is -0.271. The zero-order valence-corrected chi connectivity index (χ0v) is 14.2. The molecule has 0 N–H and O–H groups in total. The molecule has 1 aromatic rings. The van der Waals surface area contributed by atoms with E-state index in [1.807, 2.05) is 19.1 Å². The van der Waals surface area contributed by atoms with Crippen LogP contribution in [0.1, 0.15) is 44.6 Å². The molecule has 4 aliphatic carbocycles. The van der Waals surface area contributed by atoms with Crippen molar-refractivity contribution < 1.29 is 13.9 Å². The summed E-state index contributed by atoms with van der Waals surface area (Å²) < 4.78 is 18.6. The van der Waals surface area contributed by atoms with Crippen LogP contribution in [0.4, 0.5) is 4.39 Å². The smallest absolute Gasteiger partial charge is 0.330 e. The lowest BCUT2D eigenvalue weighted by Crippen LogP contribution is -2.54. The highest BCUT2D eigenvalue weighted by Crippen LogP contribution is 2.63. The molecule has 4 aliphatic rings. The number of rotatable bonds is 4. The number of carbonyl (C=O) groups is 1. The van der Waals surface area contributed by atoms with Gasteiger partial charge in [-0.3, -0.25) is 0 Å². The van der Waals surface area contributed by atoms with E-state index in [0.29, 0.717) is 18.4 Å². The number of halogens is 1. The minimum Gasteiger partial charge on any atom is -0.463 e. The van der Waals surface area contributed by atoms with Crippen LogP contribution in [-0.2, 0) is 14.9 Å². The Labute approximate surface area is 143 Å². The Kier molecular flexibility index (Phi) is 3.98. The van der Waals surface area contributed by atoms with Gasteiger partial charge in [0.25, 0.3) is 0 Å². The van der Waals surface area contributed by atoms with E-state index in [9.17, 15) is 9.18 Å². The van der Waals surface area contributed by atoms with Crippen molar-refractivity contribution in [2.45, 2.75) is 44.4 Å². The van der Waals surface area contributed by atoms with Crippen molar-refractivity contribution in [3.63, 3.8) is 0 Å². The van der Waals surface area contributed by atoms with Gasteiger partial charge in [-0.05, 0) is 80.4 Å². The van der Waals surface area contributed by atoms with E-state index in [0.717, 1.165) is 11.8 Å². The molecule has 3 heteroatoms. The quantitative estimate of drug-likeness (QED) is 0.594. The maximum absolute atomic E-state index is 13.5. The highest BCUT2D eigenvalue weighted by molar-refractivity contribution is 5.82. The highest BCUT2D eigenvalue weighted by atomic mass is 19.1. The van der Waals surface area contributed by atoms with Crippen LogP contribution in [0.25, 0.3) is 0 Å². The highest BCUT2D eigenvalue weighted by Gasteiger charge is 2.56. The van der Waals surface area contributed by atoms with Crippen LogP contribution in [0.2, 0.25) is 0 Å². The van der Waals surface area contributed by atoms with Gasteiger partial charge in [-0.15, -0.1) is 0 Å². The molecule has 0 radical (unpaired) electrons. The average molecular weight is 328 g/mol. The summed E-state index contributed by atoms with van der Waals surface area (Å²) >= 11 is 0. The Hall–Kier alpha value is -1.64. The predicted octanol–water partition coefficient (Wildman–Crippen LogP) is 4.64. The van der Waals surface area contributed by atoms with Crippen molar-refractivity contribution in [2.75, 3.05) is 6.61 Å². The van der Waals surface area contributed by atoms with Crippen molar-refractivity contribution in [3.05, 3.63) is 47.8 Å². The topological polar surface area (TPSA) is 26.3 Å². The van der Waals surface area contributed by atoms with E-state index in [2.05, 4.69) is 6.08 Å². The van der Waals surface area contributed by atoms with Crippen LogP contribution in [0.3, 0.4) is 0 Å². The van der Waals surface area contributed by atoms with Gasteiger partial charge in [-0.25, -0.2) is 9.18 Å². The molecule has 0 unspecified atom stereocenters. The minimum absolute atomic E-state index is 0.131. The third kappa shape index (κ3) is 2.49. The summed E-state index contributed by atoms with van der Waals surface area (Å²) in [4.78, 5) is 11.9. The third-order valence-corrected chi connectivity index (χ3v) is 6.62. The number of hydrogen-bond donors (Lipinski definition) is 0. The SMILES string of the molecule is CCOC(=O)/C=C/C1(c2ccc(F)cc2)C2CC3CC(C2)CC1C3. The fourth-order valence-electron chi connectivity index (χ4n) is 5.94. The van der Waals surface area contributed by atoms with Gasteiger partial charge in [-0.1, -0.05) is 18.2 Å². The first-order valence-corrected chi connectivity index (χ1v) is 9.23. The number of hydrogen-bond acceptors (Lipinski definition) is 2. The van der Waals surface area contributed by atoms with Crippen molar-refractivity contribution in [1.29, 1.82) is 0 Å². The first-order chi connectivity index (χ1) is 11.6. The van der Waals surface area contributed by atoms with Gasteiger partial charge in [-0.2, -0.15) is 0 Å². The van der Waals surface area contributed by atoms with Crippen LogP contribution < -0.4 is 0 Å². The molecule has 4 bridgehead atoms. The Morgan fingerprint density at radius 1 is 1.12 bits per heavy atom. The Bertz CT molecular complexity index is 618. The van der Waals surface area contributed by atoms with Crippen molar-refractivity contribution in [3.8, 4) is 0 Å². The number of esters is 1. The van der Waals surface area contributed by atoms with Crippen molar-refractivity contribution in [1.82, 2.24) is 0 Å². The van der Waals surface area contributed by atoms with Gasteiger partial charge in [0.2, 0.25) is 0 Å². The zero-order valence-electron chi connectivity index (χ0n) is 14.2. The van der Waals surface area contributed by atoms with Gasteiger partial charge in [0, 0.05) is 11.5 Å². The van der Waals surface area contributed by atoms with Gasteiger partial charge < -0.3 is 4.74 Å². The first-order valence-electron chi connectivity index (χ1n) is 9.23. The molecule has 0 saturated heterocycles. The van der Waals surface area contributed by atoms with Gasteiger partial charge >= 0.3 is 5.97 Å². The van der Waals surface area contributed by atoms with Crippen LogP contribution in [0, 0.1) is 29.5 Å². The van der Waals surface area contributed by atoms with E-state index >= 15 is 0 Å². The average Bonchev–Trinajstić information content (AvgIpc) is 2.55. The maximum atomic E-state index is 13.5. The molecule has 4 fully saturated rings. The Morgan fingerprint density at radius 2 is 1.71 bits per heavy atom. The summed E-state index contributed by atoms with van der Waals surface area (Å²) in [5, 5.41) is 0. The first kappa shape index (κ1) is 15.9. The monoisotopic (exact) mass is 328 g/mol.